The van der Waals surface area contributed by atoms with Crippen LogP contribution in [0.3, 0.4) is 0 Å². The van der Waals surface area contributed by atoms with Gasteiger partial charge in [-0.1, -0.05) is 18.2 Å². The SMILES string of the molecule is N=C(N)NC(=O)c1ccc2c(C(=O)NC(=N)N)cccc2c1. The number of amides is 2. The molecule has 0 spiro atoms. The van der Waals surface area contributed by atoms with E-state index in [1.807, 2.05) is 0 Å². The Morgan fingerprint density at radius 1 is 0.909 bits per heavy atom. The van der Waals surface area contributed by atoms with Crippen molar-refractivity contribution >= 4 is 34.5 Å². The van der Waals surface area contributed by atoms with Crippen LogP contribution >= 0.6 is 0 Å². The molecule has 0 unspecified atom stereocenters. The summed E-state index contributed by atoms with van der Waals surface area (Å²) in [7, 11) is 0. The summed E-state index contributed by atoms with van der Waals surface area (Å²) in [5.41, 5.74) is 10.9. The number of carbonyl (C=O) groups is 2. The second-order valence-electron chi connectivity index (χ2n) is 4.48. The topological polar surface area (TPSA) is 158 Å². The van der Waals surface area contributed by atoms with Crippen molar-refractivity contribution in [3.63, 3.8) is 0 Å². The van der Waals surface area contributed by atoms with Gasteiger partial charge in [0.05, 0.1) is 0 Å². The van der Waals surface area contributed by atoms with E-state index in [2.05, 4.69) is 10.6 Å². The lowest BCUT2D eigenvalue weighted by molar-refractivity contribution is 0.0969. The van der Waals surface area contributed by atoms with Crippen LogP contribution in [0.4, 0.5) is 0 Å². The van der Waals surface area contributed by atoms with Crippen molar-refractivity contribution in [3.05, 3.63) is 47.5 Å². The predicted octanol–water partition coefficient (Wildman–Crippen LogP) is 0.0863. The Kier molecular flexibility index (Phi) is 4.03. The van der Waals surface area contributed by atoms with E-state index < -0.39 is 23.7 Å². The number of fused-ring (bicyclic) bond motifs is 1. The van der Waals surface area contributed by atoms with Gasteiger partial charge < -0.3 is 11.5 Å². The average molecular weight is 298 g/mol. The minimum Gasteiger partial charge on any atom is -0.370 e. The fourth-order valence-electron chi connectivity index (χ4n) is 2.01. The Morgan fingerprint density at radius 2 is 1.55 bits per heavy atom. The first-order chi connectivity index (χ1) is 10.4. The number of hydrogen-bond acceptors (Lipinski definition) is 4. The number of guanidine groups is 2. The van der Waals surface area contributed by atoms with Gasteiger partial charge in [0, 0.05) is 11.1 Å². The van der Waals surface area contributed by atoms with Gasteiger partial charge in [-0.05, 0) is 29.0 Å². The zero-order chi connectivity index (χ0) is 16.3. The minimum atomic E-state index is -0.506. The van der Waals surface area contributed by atoms with Gasteiger partial charge in [0.1, 0.15) is 0 Å². The predicted molar refractivity (Wildman–Crippen MR) is 82.7 cm³/mol. The monoisotopic (exact) mass is 298 g/mol. The molecule has 2 amide bonds. The number of nitrogens with two attached hydrogens (primary N) is 2. The summed E-state index contributed by atoms with van der Waals surface area (Å²) in [4.78, 5) is 23.8. The highest BCUT2D eigenvalue weighted by molar-refractivity contribution is 6.13. The molecule has 0 saturated heterocycles. The van der Waals surface area contributed by atoms with Crippen LogP contribution in [0.25, 0.3) is 10.8 Å². The molecule has 8 heteroatoms. The molecule has 8 nitrogen and oxygen atoms in total. The third kappa shape index (κ3) is 3.18. The molecular formula is C14H14N6O2. The van der Waals surface area contributed by atoms with Crippen LogP contribution in [0.2, 0.25) is 0 Å². The molecule has 2 rings (SSSR count). The Balaban J connectivity index is 2.44. The van der Waals surface area contributed by atoms with Crippen molar-refractivity contribution in [2.24, 2.45) is 11.5 Å². The molecular weight excluding hydrogens is 284 g/mol. The molecule has 0 radical (unpaired) electrons. The molecule has 0 heterocycles. The van der Waals surface area contributed by atoms with Crippen LogP contribution in [0.5, 0.6) is 0 Å². The molecule has 0 saturated carbocycles. The molecule has 112 valence electrons. The van der Waals surface area contributed by atoms with Gasteiger partial charge in [0.2, 0.25) is 0 Å². The van der Waals surface area contributed by atoms with Crippen LogP contribution in [-0.4, -0.2) is 23.7 Å². The first kappa shape index (κ1) is 15.0. The van der Waals surface area contributed by atoms with Gasteiger partial charge in [-0.2, -0.15) is 0 Å². The molecule has 0 fully saturated rings. The zero-order valence-corrected chi connectivity index (χ0v) is 11.4. The van der Waals surface area contributed by atoms with E-state index in [-0.39, 0.29) is 0 Å². The number of benzene rings is 2. The van der Waals surface area contributed by atoms with Crippen molar-refractivity contribution in [3.8, 4) is 0 Å². The molecule has 0 aliphatic heterocycles. The Labute approximate surface area is 125 Å². The van der Waals surface area contributed by atoms with Gasteiger partial charge in [0.25, 0.3) is 11.8 Å². The highest BCUT2D eigenvalue weighted by atomic mass is 16.2. The van der Waals surface area contributed by atoms with Crippen molar-refractivity contribution in [1.82, 2.24) is 10.6 Å². The first-order valence-electron chi connectivity index (χ1n) is 6.22. The number of nitrogens with one attached hydrogen (secondary N) is 4. The van der Waals surface area contributed by atoms with E-state index in [0.717, 1.165) is 0 Å². The Bertz CT molecular complexity index is 799. The maximum absolute atomic E-state index is 12.0. The van der Waals surface area contributed by atoms with Crippen LogP contribution in [0.1, 0.15) is 20.7 Å². The number of carbonyl (C=O) groups excluding carboxylic acids is 2. The standard InChI is InChI=1S/C14H14N6O2/c15-13(16)19-11(21)8-4-5-9-7(6-8)2-1-3-10(9)12(22)20-14(17)18/h1-6H,(H4,15,16,19,21)(H4,17,18,20,22). The summed E-state index contributed by atoms with van der Waals surface area (Å²) >= 11 is 0. The van der Waals surface area contributed by atoms with Gasteiger partial charge in [-0.25, -0.2) is 0 Å². The van der Waals surface area contributed by atoms with Gasteiger partial charge in [0.15, 0.2) is 11.9 Å². The second-order valence-corrected chi connectivity index (χ2v) is 4.48. The smallest absolute Gasteiger partial charge is 0.258 e. The molecule has 0 aromatic heterocycles. The summed E-state index contributed by atoms with van der Waals surface area (Å²) in [5.74, 6) is -1.90. The van der Waals surface area contributed by atoms with E-state index in [1.54, 1.807) is 30.3 Å². The normalized spacial score (nSPS) is 10.0. The summed E-state index contributed by atoms with van der Waals surface area (Å²) < 4.78 is 0. The zero-order valence-electron chi connectivity index (χ0n) is 11.4. The maximum Gasteiger partial charge on any atom is 0.258 e. The first-order valence-corrected chi connectivity index (χ1v) is 6.22. The van der Waals surface area contributed by atoms with Gasteiger partial charge in [-0.3, -0.25) is 31.0 Å². The largest absolute Gasteiger partial charge is 0.370 e. The number of hydrogen-bond donors (Lipinski definition) is 6. The minimum absolute atomic E-state index is 0.312. The van der Waals surface area contributed by atoms with Crippen molar-refractivity contribution < 1.29 is 9.59 Å². The second kappa shape index (κ2) is 5.92. The van der Waals surface area contributed by atoms with Crippen LogP contribution < -0.4 is 22.1 Å². The highest BCUT2D eigenvalue weighted by Gasteiger charge is 2.12. The molecule has 22 heavy (non-hydrogen) atoms. The van der Waals surface area contributed by atoms with Crippen LogP contribution in [0.15, 0.2) is 36.4 Å². The Hall–Kier alpha value is -3.42. The fraction of sp³-hybridized carbons (Fsp3) is 0. The molecule has 0 aliphatic carbocycles. The Morgan fingerprint density at radius 3 is 2.18 bits per heavy atom. The van der Waals surface area contributed by atoms with Crippen molar-refractivity contribution in [2.45, 2.75) is 0 Å². The summed E-state index contributed by atoms with van der Waals surface area (Å²) in [6.07, 6.45) is 0. The third-order valence-electron chi connectivity index (χ3n) is 2.88. The number of rotatable bonds is 2. The molecule has 0 aliphatic rings. The molecule has 2 aromatic carbocycles. The lowest BCUT2D eigenvalue weighted by Gasteiger charge is -2.08. The van der Waals surface area contributed by atoms with Gasteiger partial charge >= 0.3 is 0 Å². The van der Waals surface area contributed by atoms with Crippen LogP contribution in [-0.2, 0) is 0 Å². The lowest BCUT2D eigenvalue weighted by Crippen LogP contribution is -2.36. The summed E-state index contributed by atoms with van der Waals surface area (Å²) in [6.45, 7) is 0. The quantitative estimate of drug-likeness (QED) is 0.343. The maximum atomic E-state index is 12.0. The lowest BCUT2D eigenvalue weighted by atomic mass is 10.0. The van der Waals surface area contributed by atoms with Crippen molar-refractivity contribution in [1.29, 1.82) is 10.8 Å². The highest BCUT2D eigenvalue weighted by Crippen LogP contribution is 2.20. The molecule has 2 aromatic rings. The van der Waals surface area contributed by atoms with E-state index in [9.17, 15) is 9.59 Å². The molecule has 0 bridgehead atoms. The van der Waals surface area contributed by atoms with E-state index in [1.165, 1.54) is 6.07 Å². The van der Waals surface area contributed by atoms with Crippen LogP contribution in [0, 0.1) is 10.8 Å². The summed E-state index contributed by atoms with van der Waals surface area (Å²) in [5, 5.41) is 19.8. The van der Waals surface area contributed by atoms with Gasteiger partial charge in [-0.15, -0.1) is 0 Å². The van der Waals surface area contributed by atoms with E-state index >= 15 is 0 Å². The average Bonchev–Trinajstić information content (AvgIpc) is 2.44. The van der Waals surface area contributed by atoms with E-state index in [4.69, 9.17) is 22.3 Å². The molecule has 0 atom stereocenters. The van der Waals surface area contributed by atoms with Crippen molar-refractivity contribution in [2.75, 3.05) is 0 Å². The molecule has 8 N–H and O–H groups in total. The summed E-state index contributed by atoms with van der Waals surface area (Å²) in [6, 6.07) is 9.70. The fourth-order valence-corrected chi connectivity index (χ4v) is 2.01. The van der Waals surface area contributed by atoms with E-state index in [0.29, 0.717) is 21.9 Å². The third-order valence-corrected chi connectivity index (χ3v) is 2.88.